The first-order chi connectivity index (χ1) is 8.08. The summed E-state index contributed by atoms with van der Waals surface area (Å²) in [6, 6.07) is 0.503. The summed E-state index contributed by atoms with van der Waals surface area (Å²) in [6.45, 7) is 7.84. The molecular formula is C13H22N2O2. The Labute approximate surface area is 103 Å². The molecular weight excluding hydrogens is 216 g/mol. The molecule has 2 atom stereocenters. The van der Waals surface area contributed by atoms with E-state index in [-0.39, 0.29) is 6.10 Å². The quantitative estimate of drug-likeness (QED) is 0.872. The van der Waals surface area contributed by atoms with Crippen molar-refractivity contribution in [3.8, 4) is 0 Å². The summed E-state index contributed by atoms with van der Waals surface area (Å²) in [5.74, 6) is 0.921. The Morgan fingerprint density at radius 3 is 2.88 bits per heavy atom. The lowest BCUT2D eigenvalue weighted by atomic mass is 10.1. The van der Waals surface area contributed by atoms with E-state index in [1.165, 1.54) is 18.4 Å². The van der Waals surface area contributed by atoms with E-state index in [0.717, 1.165) is 31.0 Å². The molecule has 0 amide bonds. The molecule has 2 heterocycles. The van der Waals surface area contributed by atoms with Crippen molar-refractivity contribution >= 4 is 0 Å². The van der Waals surface area contributed by atoms with Crippen LogP contribution in [0.15, 0.2) is 4.52 Å². The lowest BCUT2D eigenvalue weighted by molar-refractivity contribution is 0.130. The predicted octanol–water partition coefficient (Wildman–Crippen LogP) is 2.03. The second-order valence-electron chi connectivity index (χ2n) is 5.15. The number of aliphatic hydroxyl groups excluding tert-OH is 1. The molecule has 2 unspecified atom stereocenters. The van der Waals surface area contributed by atoms with E-state index in [9.17, 15) is 5.11 Å². The van der Waals surface area contributed by atoms with E-state index < -0.39 is 0 Å². The zero-order chi connectivity index (χ0) is 12.4. The van der Waals surface area contributed by atoms with Gasteiger partial charge in [0.25, 0.3) is 0 Å². The maximum atomic E-state index is 9.51. The Balaban J connectivity index is 2.03. The number of hydrogen-bond acceptors (Lipinski definition) is 4. The van der Waals surface area contributed by atoms with Crippen molar-refractivity contribution in [2.75, 3.05) is 6.54 Å². The lowest BCUT2D eigenvalue weighted by Gasteiger charge is -2.25. The van der Waals surface area contributed by atoms with Gasteiger partial charge < -0.3 is 9.63 Å². The zero-order valence-electron chi connectivity index (χ0n) is 10.9. The molecule has 4 nitrogen and oxygen atoms in total. The molecule has 1 aromatic heterocycles. The SMILES string of the molecule is Cc1noc(C)c1CN1CCCC1CC(C)O. The normalized spacial score (nSPS) is 23.2. The number of aryl methyl sites for hydroxylation is 2. The van der Waals surface area contributed by atoms with Crippen molar-refractivity contribution in [1.82, 2.24) is 10.1 Å². The van der Waals surface area contributed by atoms with E-state index in [4.69, 9.17) is 4.52 Å². The summed E-state index contributed by atoms with van der Waals surface area (Å²) < 4.78 is 5.20. The predicted molar refractivity (Wildman–Crippen MR) is 65.7 cm³/mol. The van der Waals surface area contributed by atoms with Crippen LogP contribution in [0.4, 0.5) is 0 Å². The number of rotatable bonds is 4. The van der Waals surface area contributed by atoms with E-state index in [2.05, 4.69) is 10.1 Å². The maximum Gasteiger partial charge on any atom is 0.138 e. The van der Waals surface area contributed by atoms with Gasteiger partial charge in [-0.15, -0.1) is 0 Å². The van der Waals surface area contributed by atoms with Gasteiger partial charge in [-0.3, -0.25) is 4.90 Å². The summed E-state index contributed by atoms with van der Waals surface area (Å²) in [5.41, 5.74) is 2.20. The minimum Gasteiger partial charge on any atom is -0.393 e. The zero-order valence-corrected chi connectivity index (χ0v) is 10.9. The van der Waals surface area contributed by atoms with Gasteiger partial charge in [0.2, 0.25) is 0 Å². The standard InChI is InChI=1S/C13H22N2O2/c1-9(16)7-12-5-4-6-15(12)8-13-10(2)14-17-11(13)3/h9,12,16H,4-8H2,1-3H3. The second kappa shape index (κ2) is 5.19. The molecule has 0 radical (unpaired) electrons. The molecule has 1 aliphatic heterocycles. The molecule has 96 valence electrons. The van der Waals surface area contributed by atoms with Crippen LogP contribution in [-0.2, 0) is 6.54 Å². The molecule has 1 N–H and O–H groups in total. The highest BCUT2D eigenvalue weighted by atomic mass is 16.5. The molecule has 0 aromatic carbocycles. The van der Waals surface area contributed by atoms with Gasteiger partial charge in [-0.2, -0.15) is 0 Å². The first-order valence-corrected chi connectivity index (χ1v) is 6.41. The van der Waals surface area contributed by atoms with Crippen LogP contribution in [0.3, 0.4) is 0 Å². The topological polar surface area (TPSA) is 49.5 Å². The van der Waals surface area contributed by atoms with Gasteiger partial charge in [0.05, 0.1) is 11.8 Å². The summed E-state index contributed by atoms with van der Waals surface area (Å²) in [4.78, 5) is 2.44. The van der Waals surface area contributed by atoms with Gasteiger partial charge in [-0.25, -0.2) is 0 Å². The molecule has 0 saturated carbocycles. The molecule has 1 aliphatic rings. The number of hydrogen-bond donors (Lipinski definition) is 1. The Morgan fingerprint density at radius 2 is 2.29 bits per heavy atom. The molecule has 1 fully saturated rings. The van der Waals surface area contributed by atoms with E-state index in [1.807, 2.05) is 20.8 Å². The highest BCUT2D eigenvalue weighted by Gasteiger charge is 2.27. The van der Waals surface area contributed by atoms with Gasteiger partial charge in [0, 0.05) is 18.2 Å². The van der Waals surface area contributed by atoms with Crippen molar-refractivity contribution < 1.29 is 9.63 Å². The fourth-order valence-electron chi connectivity index (χ4n) is 2.69. The molecule has 1 aromatic rings. The van der Waals surface area contributed by atoms with Crippen LogP contribution < -0.4 is 0 Å². The van der Waals surface area contributed by atoms with Gasteiger partial charge in [-0.05, 0) is 46.6 Å². The van der Waals surface area contributed by atoms with Crippen LogP contribution in [-0.4, -0.2) is 33.9 Å². The Morgan fingerprint density at radius 1 is 1.53 bits per heavy atom. The van der Waals surface area contributed by atoms with Crippen molar-refractivity contribution in [3.63, 3.8) is 0 Å². The average Bonchev–Trinajstić information content (AvgIpc) is 2.80. The Bertz CT molecular complexity index is 354. The first kappa shape index (κ1) is 12.6. The Hall–Kier alpha value is -0.870. The highest BCUT2D eigenvalue weighted by Crippen LogP contribution is 2.25. The maximum absolute atomic E-state index is 9.51. The van der Waals surface area contributed by atoms with E-state index >= 15 is 0 Å². The third-order valence-electron chi connectivity index (χ3n) is 3.65. The van der Waals surface area contributed by atoms with Gasteiger partial charge in [-0.1, -0.05) is 5.16 Å². The average molecular weight is 238 g/mol. The summed E-state index contributed by atoms with van der Waals surface area (Å²) >= 11 is 0. The number of aromatic nitrogens is 1. The highest BCUT2D eigenvalue weighted by molar-refractivity contribution is 5.20. The first-order valence-electron chi connectivity index (χ1n) is 6.41. The summed E-state index contributed by atoms with van der Waals surface area (Å²) in [6.07, 6.45) is 3.06. The molecule has 2 rings (SSSR count). The van der Waals surface area contributed by atoms with Crippen LogP contribution in [0.25, 0.3) is 0 Å². The monoisotopic (exact) mass is 238 g/mol. The van der Waals surface area contributed by atoms with Crippen molar-refractivity contribution in [2.45, 2.75) is 58.7 Å². The van der Waals surface area contributed by atoms with E-state index in [0.29, 0.717) is 6.04 Å². The van der Waals surface area contributed by atoms with Crippen molar-refractivity contribution in [1.29, 1.82) is 0 Å². The molecule has 0 aliphatic carbocycles. The molecule has 17 heavy (non-hydrogen) atoms. The number of nitrogens with zero attached hydrogens (tertiary/aromatic N) is 2. The molecule has 4 heteroatoms. The van der Waals surface area contributed by atoms with Crippen LogP contribution in [0, 0.1) is 13.8 Å². The summed E-state index contributed by atoms with van der Waals surface area (Å²) in [7, 11) is 0. The lowest BCUT2D eigenvalue weighted by Crippen LogP contribution is -2.31. The Kier molecular flexibility index (Phi) is 3.84. The van der Waals surface area contributed by atoms with Gasteiger partial charge >= 0.3 is 0 Å². The third kappa shape index (κ3) is 2.87. The molecule has 1 saturated heterocycles. The van der Waals surface area contributed by atoms with Crippen LogP contribution in [0.2, 0.25) is 0 Å². The molecule has 0 spiro atoms. The van der Waals surface area contributed by atoms with Crippen molar-refractivity contribution in [3.05, 3.63) is 17.0 Å². The summed E-state index contributed by atoms with van der Waals surface area (Å²) in [5, 5.41) is 13.5. The number of aliphatic hydroxyl groups is 1. The van der Waals surface area contributed by atoms with E-state index in [1.54, 1.807) is 0 Å². The van der Waals surface area contributed by atoms with Gasteiger partial charge in [0.1, 0.15) is 5.76 Å². The minimum absolute atomic E-state index is 0.217. The largest absolute Gasteiger partial charge is 0.393 e. The van der Waals surface area contributed by atoms with Crippen LogP contribution in [0.5, 0.6) is 0 Å². The minimum atomic E-state index is -0.217. The molecule has 0 bridgehead atoms. The third-order valence-corrected chi connectivity index (χ3v) is 3.65. The smallest absolute Gasteiger partial charge is 0.138 e. The van der Waals surface area contributed by atoms with Crippen molar-refractivity contribution in [2.24, 2.45) is 0 Å². The second-order valence-corrected chi connectivity index (χ2v) is 5.15. The van der Waals surface area contributed by atoms with Gasteiger partial charge in [0.15, 0.2) is 0 Å². The fourth-order valence-corrected chi connectivity index (χ4v) is 2.69. The van der Waals surface area contributed by atoms with Crippen LogP contribution >= 0.6 is 0 Å². The number of likely N-dealkylation sites (tertiary alicyclic amines) is 1. The van der Waals surface area contributed by atoms with Crippen LogP contribution in [0.1, 0.15) is 43.2 Å². The fraction of sp³-hybridized carbons (Fsp3) is 0.769.